The summed E-state index contributed by atoms with van der Waals surface area (Å²) in [6, 6.07) is 5.64. The van der Waals surface area contributed by atoms with E-state index >= 15 is 0 Å². The van der Waals surface area contributed by atoms with Gasteiger partial charge in [0.1, 0.15) is 22.2 Å². The van der Waals surface area contributed by atoms with Gasteiger partial charge in [0.15, 0.2) is 0 Å². The van der Waals surface area contributed by atoms with Gasteiger partial charge >= 0.3 is 0 Å². The van der Waals surface area contributed by atoms with Crippen LogP contribution in [0.3, 0.4) is 0 Å². The van der Waals surface area contributed by atoms with Crippen LogP contribution < -0.4 is 10.1 Å². The van der Waals surface area contributed by atoms with Crippen LogP contribution in [0.1, 0.15) is 6.92 Å². The SMILES string of the molecule is CC(CS(C)(=O)=O)NCCOc1ccc([N+](=O)[O-])cc1. The number of benzene rings is 1. The van der Waals surface area contributed by atoms with Crippen LogP contribution in [0.5, 0.6) is 5.75 Å². The van der Waals surface area contributed by atoms with E-state index in [4.69, 9.17) is 4.74 Å². The Morgan fingerprint density at radius 1 is 1.35 bits per heavy atom. The molecule has 20 heavy (non-hydrogen) atoms. The van der Waals surface area contributed by atoms with E-state index in [1.54, 1.807) is 6.92 Å². The second kappa shape index (κ2) is 7.20. The Labute approximate surface area is 118 Å². The maximum absolute atomic E-state index is 11.1. The number of nitrogens with zero attached hydrogens (tertiary/aromatic N) is 1. The summed E-state index contributed by atoms with van der Waals surface area (Å²) in [5, 5.41) is 13.5. The molecule has 8 heteroatoms. The van der Waals surface area contributed by atoms with Gasteiger partial charge in [0.25, 0.3) is 5.69 Å². The Hall–Kier alpha value is -1.67. The van der Waals surface area contributed by atoms with Crippen molar-refractivity contribution in [2.45, 2.75) is 13.0 Å². The first-order valence-electron chi connectivity index (χ1n) is 6.06. The largest absolute Gasteiger partial charge is 0.492 e. The van der Waals surface area contributed by atoms with E-state index in [9.17, 15) is 18.5 Å². The normalized spacial score (nSPS) is 12.9. The number of nitro benzene ring substituents is 1. The zero-order valence-electron chi connectivity index (χ0n) is 11.4. The van der Waals surface area contributed by atoms with Crippen LogP contribution in [0.25, 0.3) is 0 Å². The molecule has 1 atom stereocenters. The van der Waals surface area contributed by atoms with E-state index in [0.29, 0.717) is 18.9 Å². The molecule has 0 aliphatic rings. The van der Waals surface area contributed by atoms with Crippen LogP contribution in [0, 0.1) is 10.1 Å². The van der Waals surface area contributed by atoms with Crippen molar-refractivity contribution in [3.63, 3.8) is 0 Å². The Kier molecular flexibility index (Phi) is 5.90. The molecule has 0 aromatic heterocycles. The van der Waals surface area contributed by atoms with Gasteiger partial charge in [-0.15, -0.1) is 0 Å². The Bertz CT molecular complexity index is 541. The number of nitro groups is 1. The number of sulfone groups is 1. The maximum Gasteiger partial charge on any atom is 0.269 e. The van der Waals surface area contributed by atoms with Crippen molar-refractivity contribution in [3.8, 4) is 5.75 Å². The second-order valence-corrected chi connectivity index (χ2v) is 6.73. The minimum Gasteiger partial charge on any atom is -0.492 e. The minimum atomic E-state index is -2.99. The van der Waals surface area contributed by atoms with Gasteiger partial charge in [0, 0.05) is 31.0 Å². The molecular weight excluding hydrogens is 284 g/mol. The third-order valence-electron chi connectivity index (χ3n) is 2.46. The van der Waals surface area contributed by atoms with E-state index in [0.717, 1.165) is 0 Å². The molecule has 112 valence electrons. The number of hydrogen-bond acceptors (Lipinski definition) is 6. The fraction of sp³-hybridized carbons (Fsp3) is 0.500. The highest BCUT2D eigenvalue weighted by Gasteiger charge is 2.09. The van der Waals surface area contributed by atoms with Gasteiger partial charge in [-0.1, -0.05) is 0 Å². The summed E-state index contributed by atoms with van der Waals surface area (Å²) in [5.74, 6) is 0.609. The highest BCUT2D eigenvalue weighted by Crippen LogP contribution is 2.16. The molecule has 7 nitrogen and oxygen atoms in total. The molecule has 0 fully saturated rings. The minimum absolute atomic E-state index is 0.0113. The second-order valence-electron chi connectivity index (χ2n) is 4.55. The van der Waals surface area contributed by atoms with Crippen molar-refractivity contribution in [1.82, 2.24) is 5.32 Å². The van der Waals surface area contributed by atoms with Crippen molar-refractivity contribution >= 4 is 15.5 Å². The molecule has 0 saturated heterocycles. The highest BCUT2D eigenvalue weighted by molar-refractivity contribution is 7.90. The molecular formula is C12H18N2O5S. The van der Waals surface area contributed by atoms with Gasteiger partial charge in [-0.05, 0) is 19.1 Å². The van der Waals surface area contributed by atoms with Gasteiger partial charge in [0.05, 0.1) is 10.7 Å². The Morgan fingerprint density at radius 3 is 2.45 bits per heavy atom. The zero-order valence-corrected chi connectivity index (χ0v) is 12.2. The molecule has 0 radical (unpaired) electrons. The van der Waals surface area contributed by atoms with Crippen LogP contribution >= 0.6 is 0 Å². The van der Waals surface area contributed by atoms with Gasteiger partial charge in [-0.2, -0.15) is 0 Å². The fourth-order valence-corrected chi connectivity index (χ4v) is 2.68. The van der Waals surface area contributed by atoms with Crippen molar-refractivity contribution in [2.24, 2.45) is 0 Å². The Balaban J connectivity index is 2.29. The molecule has 0 bridgehead atoms. The summed E-state index contributed by atoms with van der Waals surface area (Å²) in [5.41, 5.74) is 0.0113. The maximum atomic E-state index is 11.1. The summed E-state index contributed by atoms with van der Waals surface area (Å²) < 4.78 is 27.5. The van der Waals surface area contributed by atoms with Crippen LogP contribution in [-0.2, 0) is 9.84 Å². The zero-order chi connectivity index (χ0) is 15.2. The molecule has 1 aromatic rings. The molecule has 1 N–H and O–H groups in total. The average molecular weight is 302 g/mol. The Morgan fingerprint density at radius 2 is 1.95 bits per heavy atom. The molecule has 0 aliphatic heterocycles. The number of non-ortho nitro benzene ring substituents is 1. The predicted molar refractivity (Wildman–Crippen MR) is 75.8 cm³/mol. The van der Waals surface area contributed by atoms with Crippen LogP contribution in [0.2, 0.25) is 0 Å². The van der Waals surface area contributed by atoms with Crippen molar-refractivity contribution in [1.29, 1.82) is 0 Å². The number of nitrogens with one attached hydrogen (secondary N) is 1. The topological polar surface area (TPSA) is 98.5 Å². The van der Waals surface area contributed by atoms with Crippen molar-refractivity contribution in [3.05, 3.63) is 34.4 Å². The number of ether oxygens (including phenoxy) is 1. The third-order valence-corrected chi connectivity index (χ3v) is 3.57. The molecule has 1 aromatic carbocycles. The summed E-state index contributed by atoms with van der Waals surface area (Å²) in [7, 11) is -2.99. The van der Waals surface area contributed by atoms with E-state index in [2.05, 4.69) is 5.32 Å². The van der Waals surface area contributed by atoms with Gasteiger partial charge in [-0.25, -0.2) is 8.42 Å². The van der Waals surface area contributed by atoms with E-state index in [1.165, 1.54) is 30.5 Å². The first-order chi connectivity index (χ1) is 9.28. The van der Waals surface area contributed by atoms with Crippen molar-refractivity contribution < 1.29 is 18.1 Å². The molecule has 0 aliphatic carbocycles. The third kappa shape index (κ3) is 6.48. The molecule has 0 saturated carbocycles. The van der Waals surface area contributed by atoms with E-state index in [1.807, 2.05) is 0 Å². The van der Waals surface area contributed by atoms with E-state index < -0.39 is 14.8 Å². The monoisotopic (exact) mass is 302 g/mol. The van der Waals surface area contributed by atoms with Gasteiger partial charge in [-0.3, -0.25) is 10.1 Å². The smallest absolute Gasteiger partial charge is 0.269 e. The lowest BCUT2D eigenvalue weighted by molar-refractivity contribution is -0.384. The molecule has 1 unspecified atom stereocenters. The molecule has 0 heterocycles. The van der Waals surface area contributed by atoms with Crippen LogP contribution in [0.4, 0.5) is 5.69 Å². The lowest BCUT2D eigenvalue weighted by Crippen LogP contribution is -2.35. The first kappa shape index (κ1) is 16.4. The lowest BCUT2D eigenvalue weighted by atomic mass is 10.3. The summed E-state index contributed by atoms with van der Waals surface area (Å²) in [4.78, 5) is 9.99. The number of rotatable bonds is 8. The molecule has 1 rings (SSSR count). The van der Waals surface area contributed by atoms with Crippen molar-refractivity contribution in [2.75, 3.05) is 25.2 Å². The standard InChI is InChI=1S/C12H18N2O5S/c1-10(9-20(2,17)18)13-7-8-19-12-5-3-11(4-6-12)14(15)16/h3-6,10,13H,7-9H2,1-2H3. The van der Waals surface area contributed by atoms with Gasteiger partial charge < -0.3 is 10.1 Å². The number of hydrogen-bond donors (Lipinski definition) is 1. The quantitative estimate of drug-likeness (QED) is 0.437. The molecule has 0 amide bonds. The first-order valence-corrected chi connectivity index (χ1v) is 8.12. The fourth-order valence-electron chi connectivity index (χ4n) is 1.65. The van der Waals surface area contributed by atoms with E-state index in [-0.39, 0.29) is 17.5 Å². The summed E-state index contributed by atoms with van der Waals surface area (Å²) in [6.07, 6.45) is 1.19. The predicted octanol–water partition coefficient (Wildman–Crippen LogP) is 0.996. The lowest BCUT2D eigenvalue weighted by Gasteiger charge is -2.13. The van der Waals surface area contributed by atoms with Gasteiger partial charge in [0.2, 0.25) is 0 Å². The highest BCUT2D eigenvalue weighted by atomic mass is 32.2. The van der Waals surface area contributed by atoms with Crippen LogP contribution in [0.15, 0.2) is 24.3 Å². The van der Waals surface area contributed by atoms with Crippen LogP contribution in [-0.4, -0.2) is 44.5 Å². The average Bonchev–Trinajstić information content (AvgIpc) is 2.33. The molecule has 0 spiro atoms. The summed E-state index contributed by atoms with van der Waals surface area (Å²) in [6.45, 7) is 2.63. The summed E-state index contributed by atoms with van der Waals surface area (Å²) >= 11 is 0.